The number of nitrogens with one attached hydrogen (secondary N) is 1. The fourth-order valence-electron chi connectivity index (χ4n) is 2.50. The van der Waals surface area contributed by atoms with Crippen LogP contribution in [-0.2, 0) is 6.42 Å². The molecule has 0 fully saturated rings. The number of aromatic hydroxyl groups is 1. The molecular weight excluding hydrogens is 414 g/mol. The van der Waals surface area contributed by atoms with Gasteiger partial charge in [-0.1, -0.05) is 52.3 Å². The Morgan fingerprint density at radius 2 is 1.96 bits per heavy atom. The van der Waals surface area contributed by atoms with E-state index in [0.29, 0.717) is 12.2 Å². The molecule has 0 saturated carbocycles. The molecule has 2 N–H and O–H groups in total. The summed E-state index contributed by atoms with van der Waals surface area (Å²) in [4.78, 5) is 19.0. The largest absolute Gasteiger partial charge is 0.494 e. The van der Waals surface area contributed by atoms with Gasteiger partial charge in [0, 0.05) is 17.2 Å². The molecule has 0 radical (unpaired) electrons. The van der Waals surface area contributed by atoms with E-state index in [2.05, 4.69) is 25.9 Å². The zero-order chi connectivity index (χ0) is 18.5. The predicted octanol–water partition coefficient (Wildman–Crippen LogP) is 4.02. The van der Waals surface area contributed by atoms with Gasteiger partial charge in [-0.2, -0.15) is 0 Å². The smallest absolute Gasteiger partial charge is 0.264 e. The number of aromatic nitrogens is 2. The highest BCUT2D eigenvalue weighted by atomic mass is 79.9. The standard InChI is InChI=1S/C19H16BrN3O2S/c20-14-7-4-8-15(11-14)23-18(25)16(17(24)22-19(23)26)12-21-10-9-13-5-2-1-3-6-13/h1-8,11-12,25H,9-10H2,(H,22,24,26). The predicted molar refractivity (Wildman–Crippen MR) is 109 cm³/mol. The molecule has 0 unspecified atom stereocenters. The van der Waals surface area contributed by atoms with Gasteiger partial charge in [-0.3, -0.25) is 19.3 Å². The number of halogens is 1. The molecule has 26 heavy (non-hydrogen) atoms. The average Bonchev–Trinajstić information content (AvgIpc) is 2.61. The van der Waals surface area contributed by atoms with Crippen LogP contribution < -0.4 is 5.56 Å². The first-order valence-electron chi connectivity index (χ1n) is 7.94. The number of aromatic amines is 1. The number of nitrogens with zero attached hydrogens (tertiary/aromatic N) is 2. The summed E-state index contributed by atoms with van der Waals surface area (Å²) in [6.45, 7) is 0.509. The highest BCUT2D eigenvalue weighted by Crippen LogP contribution is 2.21. The minimum absolute atomic E-state index is 0.0756. The monoisotopic (exact) mass is 429 g/mol. The van der Waals surface area contributed by atoms with Gasteiger partial charge in [-0.25, -0.2) is 0 Å². The lowest BCUT2D eigenvalue weighted by atomic mass is 10.1. The Morgan fingerprint density at radius 3 is 2.69 bits per heavy atom. The zero-order valence-electron chi connectivity index (χ0n) is 13.7. The molecular formula is C19H16BrN3O2S. The van der Waals surface area contributed by atoms with Gasteiger partial charge in [0.05, 0.1) is 5.69 Å². The molecule has 1 heterocycles. The second-order valence-corrected chi connectivity index (χ2v) is 6.89. The van der Waals surface area contributed by atoms with Gasteiger partial charge in [-0.15, -0.1) is 0 Å². The van der Waals surface area contributed by atoms with Gasteiger partial charge < -0.3 is 5.11 Å². The third-order valence-corrected chi connectivity index (χ3v) is 4.56. The number of aliphatic imine (C=N–C) groups is 1. The number of hydrogen-bond acceptors (Lipinski definition) is 4. The van der Waals surface area contributed by atoms with Crippen LogP contribution in [0, 0.1) is 4.77 Å². The van der Waals surface area contributed by atoms with Crippen LogP contribution in [0.2, 0.25) is 0 Å². The second-order valence-electron chi connectivity index (χ2n) is 5.58. The molecule has 7 heteroatoms. The van der Waals surface area contributed by atoms with Gasteiger partial charge >= 0.3 is 0 Å². The zero-order valence-corrected chi connectivity index (χ0v) is 16.1. The van der Waals surface area contributed by atoms with Crippen molar-refractivity contribution in [1.29, 1.82) is 0 Å². The Balaban J connectivity index is 1.90. The van der Waals surface area contributed by atoms with Gasteiger partial charge in [-0.05, 0) is 42.4 Å². The van der Waals surface area contributed by atoms with E-state index in [4.69, 9.17) is 12.2 Å². The molecule has 0 saturated heterocycles. The lowest BCUT2D eigenvalue weighted by molar-refractivity contribution is 0.432. The van der Waals surface area contributed by atoms with E-state index in [0.717, 1.165) is 16.5 Å². The van der Waals surface area contributed by atoms with Crippen molar-refractivity contribution in [1.82, 2.24) is 9.55 Å². The van der Waals surface area contributed by atoms with Crippen LogP contribution in [0.5, 0.6) is 5.88 Å². The van der Waals surface area contributed by atoms with Crippen molar-refractivity contribution in [2.75, 3.05) is 6.54 Å². The van der Waals surface area contributed by atoms with Crippen LogP contribution >= 0.6 is 28.1 Å². The number of rotatable bonds is 5. The van der Waals surface area contributed by atoms with Crippen LogP contribution in [0.1, 0.15) is 11.1 Å². The molecule has 3 aromatic rings. The van der Waals surface area contributed by atoms with Crippen LogP contribution in [0.25, 0.3) is 5.69 Å². The first-order chi connectivity index (χ1) is 12.6. The second kappa shape index (κ2) is 8.25. The summed E-state index contributed by atoms with van der Waals surface area (Å²) in [5.41, 5.74) is 1.40. The van der Waals surface area contributed by atoms with Crippen molar-refractivity contribution in [3.63, 3.8) is 0 Å². The Morgan fingerprint density at radius 1 is 1.19 bits per heavy atom. The third kappa shape index (κ3) is 4.17. The maximum Gasteiger partial charge on any atom is 0.264 e. The summed E-state index contributed by atoms with van der Waals surface area (Å²) in [6.07, 6.45) is 2.14. The highest BCUT2D eigenvalue weighted by Gasteiger charge is 2.12. The molecule has 2 aromatic carbocycles. The summed E-state index contributed by atoms with van der Waals surface area (Å²) in [6, 6.07) is 17.2. The minimum Gasteiger partial charge on any atom is -0.494 e. The van der Waals surface area contributed by atoms with Crippen molar-refractivity contribution in [3.05, 3.63) is 85.3 Å². The van der Waals surface area contributed by atoms with Crippen molar-refractivity contribution in [2.45, 2.75) is 6.42 Å². The molecule has 5 nitrogen and oxygen atoms in total. The number of H-pyrrole nitrogens is 1. The van der Waals surface area contributed by atoms with E-state index in [-0.39, 0.29) is 16.2 Å². The Bertz CT molecular complexity index is 1060. The maximum atomic E-state index is 12.2. The molecule has 0 aliphatic rings. The van der Waals surface area contributed by atoms with Crippen LogP contribution in [0.3, 0.4) is 0 Å². The highest BCUT2D eigenvalue weighted by molar-refractivity contribution is 9.10. The van der Waals surface area contributed by atoms with Crippen molar-refractivity contribution in [3.8, 4) is 11.6 Å². The molecule has 0 bridgehead atoms. The molecule has 0 spiro atoms. The first-order valence-corrected chi connectivity index (χ1v) is 9.14. The summed E-state index contributed by atoms with van der Waals surface area (Å²) in [5.74, 6) is -0.236. The summed E-state index contributed by atoms with van der Waals surface area (Å²) in [5, 5.41) is 10.6. The normalized spacial score (nSPS) is 11.1. The van der Waals surface area contributed by atoms with Crippen molar-refractivity contribution < 1.29 is 5.11 Å². The van der Waals surface area contributed by atoms with E-state index >= 15 is 0 Å². The SMILES string of the molecule is O=c1[nH]c(=S)n(-c2cccc(Br)c2)c(O)c1C=NCCc1ccccc1. The fourth-order valence-corrected chi connectivity index (χ4v) is 3.18. The lowest BCUT2D eigenvalue weighted by Gasteiger charge is -2.11. The average molecular weight is 430 g/mol. The number of hydrogen-bond donors (Lipinski definition) is 2. The van der Waals surface area contributed by atoms with E-state index in [1.807, 2.05) is 42.5 Å². The van der Waals surface area contributed by atoms with Crippen LogP contribution in [0.15, 0.2) is 68.9 Å². The summed E-state index contributed by atoms with van der Waals surface area (Å²) >= 11 is 8.59. The van der Waals surface area contributed by atoms with Gasteiger partial charge in [0.2, 0.25) is 5.88 Å². The van der Waals surface area contributed by atoms with Crippen LogP contribution in [-0.4, -0.2) is 27.4 Å². The molecule has 132 valence electrons. The van der Waals surface area contributed by atoms with E-state index in [1.54, 1.807) is 12.1 Å². The molecule has 0 aliphatic heterocycles. The van der Waals surface area contributed by atoms with E-state index < -0.39 is 5.56 Å². The molecule has 0 amide bonds. The van der Waals surface area contributed by atoms with Crippen molar-refractivity contribution >= 4 is 34.4 Å². The summed E-state index contributed by atoms with van der Waals surface area (Å²) in [7, 11) is 0. The minimum atomic E-state index is -0.470. The first kappa shape index (κ1) is 18.3. The quantitative estimate of drug-likeness (QED) is 0.475. The Hall–Kier alpha value is -2.51. The fraction of sp³-hybridized carbons (Fsp3) is 0.105. The molecule has 0 atom stereocenters. The van der Waals surface area contributed by atoms with E-state index in [9.17, 15) is 9.90 Å². The topological polar surface area (TPSA) is 70.4 Å². The maximum absolute atomic E-state index is 12.2. The molecule has 0 aliphatic carbocycles. The Kier molecular flexibility index (Phi) is 5.80. The lowest BCUT2D eigenvalue weighted by Crippen LogP contribution is -2.18. The van der Waals surface area contributed by atoms with Gasteiger partial charge in [0.15, 0.2) is 4.77 Å². The van der Waals surface area contributed by atoms with Gasteiger partial charge in [0.25, 0.3) is 5.56 Å². The summed E-state index contributed by atoms with van der Waals surface area (Å²) < 4.78 is 2.35. The van der Waals surface area contributed by atoms with E-state index in [1.165, 1.54) is 10.8 Å². The van der Waals surface area contributed by atoms with Crippen LogP contribution in [0.4, 0.5) is 0 Å². The third-order valence-electron chi connectivity index (χ3n) is 3.78. The van der Waals surface area contributed by atoms with Gasteiger partial charge in [0.1, 0.15) is 5.56 Å². The Labute approximate surface area is 163 Å². The van der Waals surface area contributed by atoms with Crippen molar-refractivity contribution in [2.24, 2.45) is 4.99 Å². The number of benzene rings is 2. The molecule has 1 aromatic heterocycles. The molecule has 3 rings (SSSR count).